The molecule has 0 N–H and O–H groups in total. The van der Waals surface area contributed by atoms with Gasteiger partial charge in [0.2, 0.25) is 11.8 Å². The van der Waals surface area contributed by atoms with E-state index >= 15 is 0 Å². The topological polar surface area (TPSA) is 89.6 Å². The van der Waals surface area contributed by atoms with Crippen LogP contribution in [0.3, 0.4) is 0 Å². The van der Waals surface area contributed by atoms with Crippen LogP contribution in [0.15, 0.2) is 12.2 Å². The second kappa shape index (κ2) is 6.83. The van der Waals surface area contributed by atoms with Crippen LogP contribution in [0.1, 0.15) is 42.4 Å². The lowest BCUT2D eigenvalue weighted by Crippen LogP contribution is -2.59. The molecule has 0 aromatic carbocycles. The molecule has 1 fully saturated rings. The van der Waals surface area contributed by atoms with E-state index < -0.39 is 29.7 Å². The Labute approximate surface area is 158 Å². The Bertz CT molecular complexity index is 792. The van der Waals surface area contributed by atoms with Crippen molar-refractivity contribution in [1.82, 2.24) is 14.4 Å². The number of urea groups is 1. The number of hydrogen-bond acceptors (Lipinski definition) is 4. The molecule has 2 heterocycles. The second-order valence-corrected chi connectivity index (χ2v) is 7.51. The molecule has 1 aliphatic carbocycles. The van der Waals surface area contributed by atoms with Gasteiger partial charge in [0.05, 0.1) is 13.0 Å². The van der Waals surface area contributed by atoms with Gasteiger partial charge in [-0.3, -0.25) is 19.4 Å². The van der Waals surface area contributed by atoms with Gasteiger partial charge < -0.3 is 5.21 Å². The van der Waals surface area contributed by atoms with E-state index in [9.17, 15) is 19.6 Å². The maximum atomic E-state index is 13.0. The number of carbonyl (C=O) groups excluding carboxylic acids is 3. The quantitative estimate of drug-likeness (QED) is 0.346. The van der Waals surface area contributed by atoms with E-state index in [1.54, 1.807) is 18.5 Å². The van der Waals surface area contributed by atoms with Gasteiger partial charge in [-0.1, -0.05) is 12.2 Å². The smallest absolute Gasteiger partial charge is 0.332 e. The summed E-state index contributed by atoms with van der Waals surface area (Å²) in [5.74, 6) is -2.38. The fourth-order valence-corrected chi connectivity index (χ4v) is 4.25. The van der Waals surface area contributed by atoms with Gasteiger partial charge in [0.15, 0.2) is 0 Å². The molecule has 1 saturated heterocycles. The summed E-state index contributed by atoms with van der Waals surface area (Å²) >= 11 is 0. The third-order valence-electron chi connectivity index (χ3n) is 6.12. The number of barbiturate groups is 1. The van der Waals surface area contributed by atoms with Gasteiger partial charge in [-0.2, -0.15) is 0 Å². The van der Waals surface area contributed by atoms with Gasteiger partial charge in [-0.25, -0.2) is 14.1 Å². The predicted molar refractivity (Wildman–Crippen MR) is 97.5 cm³/mol. The Balaban J connectivity index is 2.18. The number of hydrogen-bond donors (Lipinski definition) is 0. The Hall–Kier alpha value is -2.64. The number of carbonyl (C=O) groups is 3. The second-order valence-electron chi connectivity index (χ2n) is 7.51. The van der Waals surface area contributed by atoms with Crippen molar-refractivity contribution in [3.8, 4) is 0 Å². The molecule has 1 aromatic rings. The molecule has 146 valence electrons. The molecule has 2 atom stereocenters. The summed E-state index contributed by atoms with van der Waals surface area (Å²) < 4.78 is 2.62. The average molecular weight is 374 g/mol. The van der Waals surface area contributed by atoms with Crippen molar-refractivity contribution in [2.24, 2.45) is 18.9 Å². The normalized spacial score (nSPS) is 22.7. The van der Waals surface area contributed by atoms with Gasteiger partial charge in [0, 0.05) is 27.9 Å². The molecule has 0 radical (unpaired) electrons. The largest absolute Gasteiger partial charge is 0.711 e. The van der Waals surface area contributed by atoms with E-state index in [4.69, 9.17) is 0 Å². The van der Waals surface area contributed by atoms with Gasteiger partial charge >= 0.3 is 6.03 Å². The number of nitrogens with zero attached hydrogens (tertiary/aromatic N) is 4. The van der Waals surface area contributed by atoms with Crippen LogP contribution in [-0.2, 0) is 16.6 Å². The Morgan fingerprint density at radius 3 is 2.11 bits per heavy atom. The first kappa shape index (κ1) is 19.1. The van der Waals surface area contributed by atoms with Crippen LogP contribution in [0.25, 0.3) is 0 Å². The molecule has 8 heteroatoms. The number of aromatic nitrogens is 2. The molecule has 0 saturated carbocycles. The summed E-state index contributed by atoms with van der Waals surface area (Å²) in [6.07, 6.45) is 6.42. The third-order valence-corrected chi connectivity index (χ3v) is 6.12. The molecule has 0 spiro atoms. The lowest BCUT2D eigenvalue weighted by molar-refractivity contribution is -0.622. The third kappa shape index (κ3) is 2.83. The number of rotatable bonds is 3. The van der Waals surface area contributed by atoms with Crippen molar-refractivity contribution in [3.63, 3.8) is 0 Å². The van der Waals surface area contributed by atoms with Crippen LogP contribution in [-0.4, -0.2) is 46.3 Å². The molecular formula is C19H26N4O4. The Kier molecular flexibility index (Phi) is 4.84. The van der Waals surface area contributed by atoms with E-state index in [1.807, 2.05) is 13.0 Å². The molecule has 1 aromatic heterocycles. The Morgan fingerprint density at radius 2 is 1.67 bits per heavy atom. The van der Waals surface area contributed by atoms with E-state index in [1.165, 1.54) is 14.1 Å². The maximum Gasteiger partial charge on any atom is 0.332 e. The first-order valence-electron chi connectivity index (χ1n) is 9.17. The summed E-state index contributed by atoms with van der Waals surface area (Å²) in [7, 11) is 4.55. The molecule has 0 bridgehead atoms. The molecule has 1 aliphatic heterocycles. The zero-order chi connectivity index (χ0) is 20.0. The lowest BCUT2D eigenvalue weighted by Gasteiger charge is -2.38. The zero-order valence-corrected chi connectivity index (χ0v) is 16.4. The summed E-state index contributed by atoms with van der Waals surface area (Å²) in [5, 5.41) is 12.9. The van der Waals surface area contributed by atoms with Crippen LogP contribution >= 0.6 is 0 Å². The van der Waals surface area contributed by atoms with Crippen molar-refractivity contribution in [1.29, 1.82) is 0 Å². The van der Waals surface area contributed by atoms with Crippen molar-refractivity contribution in [2.45, 2.75) is 39.0 Å². The van der Waals surface area contributed by atoms with Crippen molar-refractivity contribution in [2.75, 3.05) is 14.1 Å². The first-order chi connectivity index (χ1) is 12.7. The number of imide groups is 2. The fourth-order valence-electron chi connectivity index (χ4n) is 4.25. The monoisotopic (exact) mass is 374 g/mol. The Morgan fingerprint density at radius 1 is 1.07 bits per heavy atom. The summed E-state index contributed by atoms with van der Waals surface area (Å²) in [6.45, 7) is 3.58. The summed E-state index contributed by atoms with van der Waals surface area (Å²) in [5.41, 5.74) is 1.35. The highest BCUT2D eigenvalue weighted by atomic mass is 16.5. The molecule has 0 unspecified atom stereocenters. The van der Waals surface area contributed by atoms with Crippen LogP contribution in [0.4, 0.5) is 4.79 Å². The highest BCUT2D eigenvalue weighted by molar-refractivity contribution is 6.16. The molecule has 4 amide bonds. The van der Waals surface area contributed by atoms with E-state index in [2.05, 4.69) is 6.08 Å². The van der Waals surface area contributed by atoms with E-state index in [-0.39, 0.29) is 5.92 Å². The SMILES string of the molecule is Cc1c(C)[n+]([O-])c([C@@H](C2C(=O)N(C)C(=O)N(C)C2=O)[C@@H]2CC=CCC2)n1C. The summed E-state index contributed by atoms with van der Waals surface area (Å²) in [4.78, 5) is 40.1. The maximum absolute atomic E-state index is 13.0. The minimum atomic E-state index is -1.08. The van der Waals surface area contributed by atoms with Crippen LogP contribution in [0.5, 0.6) is 0 Å². The molecule has 2 aliphatic rings. The van der Waals surface area contributed by atoms with E-state index in [0.717, 1.165) is 33.1 Å². The van der Waals surface area contributed by atoms with Gasteiger partial charge in [-0.05, 0) is 25.2 Å². The minimum absolute atomic E-state index is 0.0319. The first-order valence-corrected chi connectivity index (χ1v) is 9.17. The fraction of sp³-hybridized carbons (Fsp3) is 0.579. The van der Waals surface area contributed by atoms with Crippen LogP contribution in [0.2, 0.25) is 0 Å². The molecule has 3 rings (SSSR count). The number of imidazole rings is 1. The highest BCUT2D eigenvalue weighted by Gasteiger charge is 2.52. The van der Waals surface area contributed by atoms with E-state index in [0.29, 0.717) is 17.9 Å². The van der Waals surface area contributed by atoms with Crippen molar-refractivity contribution in [3.05, 3.63) is 34.6 Å². The zero-order valence-electron chi connectivity index (χ0n) is 16.4. The van der Waals surface area contributed by atoms with Crippen molar-refractivity contribution < 1.29 is 19.1 Å². The summed E-state index contributed by atoms with van der Waals surface area (Å²) in [6, 6.07) is -0.641. The lowest BCUT2D eigenvalue weighted by atomic mass is 9.73. The van der Waals surface area contributed by atoms with Crippen LogP contribution < -0.4 is 4.73 Å². The van der Waals surface area contributed by atoms with Gasteiger partial charge in [0.25, 0.3) is 5.82 Å². The number of allylic oxidation sites excluding steroid dienone is 2. The van der Waals surface area contributed by atoms with Crippen LogP contribution in [0, 0.1) is 30.9 Å². The predicted octanol–water partition coefficient (Wildman–Crippen LogP) is 1.38. The highest BCUT2D eigenvalue weighted by Crippen LogP contribution is 2.41. The standard InChI is InChI=1S/C19H26N4O4/c1-11-12(2)23(27)16(20(11)3)14(13-9-7-6-8-10-13)15-17(24)21(4)19(26)22(5)18(15)25/h6-7,13-15H,8-10H2,1-5H3/t13-,14-/m1/s1. The minimum Gasteiger partial charge on any atom is -0.711 e. The molecular weight excluding hydrogens is 348 g/mol. The van der Waals surface area contributed by atoms with Crippen molar-refractivity contribution >= 4 is 17.8 Å². The molecule has 27 heavy (non-hydrogen) atoms. The van der Waals surface area contributed by atoms with Gasteiger partial charge in [-0.15, -0.1) is 0 Å². The number of amides is 4. The molecule has 8 nitrogen and oxygen atoms in total. The van der Waals surface area contributed by atoms with Gasteiger partial charge in [0.1, 0.15) is 17.3 Å². The average Bonchev–Trinajstić information content (AvgIpc) is 2.86.